The number of Topliss-reactive ketones (excluding diaryl/α,β-unsaturated/α-hetero) is 1. The molecule has 4 heteroatoms. The third-order valence-corrected chi connectivity index (χ3v) is 2.12. The van der Waals surface area contributed by atoms with Crippen molar-refractivity contribution in [3.63, 3.8) is 0 Å². The SMILES string of the molecule is CCC(=O)C(OC)c1ccc(F)cc1F. The smallest absolute Gasteiger partial charge is 0.165 e. The normalized spacial score (nSPS) is 12.5. The molecule has 0 aliphatic rings. The van der Waals surface area contributed by atoms with Crippen LogP contribution in [-0.4, -0.2) is 12.9 Å². The largest absolute Gasteiger partial charge is 0.369 e. The fraction of sp³-hybridized carbons (Fsp3) is 0.364. The third-order valence-electron chi connectivity index (χ3n) is 2.12. The predicted molar refractivity (Wildman–Crippen MR) is 51.4 cm³/mol. The van der Waals surface area contributed by atoms with Crippen LogP contribution in [-0.2, 0) is 9.53 Å². The Bertz CT molecular complexity index is 364. The van der Waals surface area contributed by atoms with Crippen molar-refractivity contribution in [2.45, 2.75) is 19.4 Å². The van der Waals surface area contributed by atoms with Crippen molar-refractivity contribution in [1.82, 2.24) is 0 Å². The molecule has 1 rings (SSSR count). The van der Waals surface area contributed by atoms with Crippen LogP contribution in [0.5, 0.6) is 0 Å². The monoisotopic (exact) mass is 214 g/mol. The molecule has 0 aromatic heterocycles. The first-order chi connectivity index (χ1) is 7.10. The van der Waals surface area contributed by atoms with Crippen LogP contribution in [0.3, 0.4) is 0 Å². The second-order valence-electron chi connectivity index (χ2n) is 3.10. The number of benzene rings is 1. The average molecular weight is 214 g/mol. The molecule has 0 saturated heterocycles. The molecule has 0 aliphatic carbocycles. The zero-order valence-electron chi connectivity index (χ0n) is 8.59. The number of ether oxygens (including phenoxy) is 1. The molecular formula is C11H12F2O2. The summed E-state index contributed by atoms with van der Waals surface area (Å²) in [5, 5.41) is 0. The lowest BCUT2D eigenvalue weighted by atomic mass is 10.0. The molecule has 82 valence electrons. The Morgan fingerprint density at radius 1 is 1.47 bits per heavy atom. The number of ketones is 1. The van der Waals surface area contributed by atoms with E-state index in [0.29, 0.717) is 0 Å². The Kier molecular flexibility index (Phi) is 3.91. The van der Waals surface area contributed by atoms with Crippen LogP contribution in [0.15, 0.2) is 18.2 Å². The lowest BCUT2D eigenvalue weighted by Gasteiger charge is -2.14. The Morgan fingerprint density at radius 2 is 2.13 bits per heavy atom. The van der Waals surface area contributed by atoms with Gasteiger partial charge in [0.25, 0.3) is 0 Å². The van der Waals surface area contributed by atoms with Crippen LogP contribution in [0.1, 0.15) is 25.0 Å². The van der Waals surface area contributed by atoms with Crippen LogP contribution < -0.4 is 0 Å². The van der Waals surface area contributed by atoms with Crippen LogP contribution in [0, 0.1) is 11.6 Å². The molecule has 0 aliphatic heterocycles. The standard InChI is InChI=1S/C11H12F2O2/c1-3-10(14)11(15-2)8-5-4-7(12)6-9(8)13/h4-6,11H,3H2,1-2H3. The van der Waals surface area contributed by atoms with Crippen molar-refractivity contribution in [3.8, 4) is 0 Å². The zero-order chi connectivity index (χ0) is 11.4. The first-order valence-corrected chi connectivity index (χ1v) is 4.60. The number of hydrogen-bond acceptors (Lipinski definition) is 2. The van der Waals surface area contributed by atoms with Gasteiger partial charge in [-0.15, -0.1) is 0 Å². The van der Waals surface area contributed by atoms with Gasteiger partial charge in [0.1, 0.15) is 17.7 Å². The number of hydrogen-bond donors (Lipinski definition) is 0. The van der Waals surface area contributed by atoms with Crippen molar-refractivity contribution < 1.29 is 18.3 Å². The molecule has 0 heterocycles. The van der Waals surface area contributed by atoms with Gasteiger partial charge < -0.3 is 4.74 Å². The van der Waals surface area contributed by atoms with E-state index in [9.17, 15) is 13.6 Å². The molecule has 2 nitrogen and oxygen atoms in total. The van der Waals surface area contributed by atoms with Crippen molar-refractivity contribution in [1.29, 1.82) is 0 Å². The summed E-state index contributed by atoms with van der Waals surface area (Å²) in [7, 11) is 1.32. The van der Waals surface area contributed by atoms with Gasteiger partial charge in [-0.05, 0) is 6.07 Å². The van der Waals surface area contributed by atoms with Gasteiger partial charge in [-0.25, -0.2) is 8.78 Å². The number of halogens is 2. The van der Waals surface area contributed by atoms with Gasteiger partial charge in [0, 0.05) is 25.2 Å². The van der Waals surface area contributed by atoms with E-state index in [2.05, 4.69) is 0 Å². The molecular weight excluding hydrogens is 202 g/mol. The fourth-order valence-corrected chi connectivity index (χ4v) is 1.33. The average Bonchev–Trinajstić information content (AvgIpc) is 2.21. The van der Waals surface area contributed by atoms with E-state index < -0.39 is 17.7 Å². The highest BCUT2D eigenvalue weighted by atomic mass is 19.1. The molecule has 1 atom stereocenters. The Labute approximate surface area is 86.9 Å². The molecule has 0 spiro atoms. The first kappa shape index (κ1) is 11.8. The predicted octanol–water partition coefficient (Wildman–Crippen LogP) is 2.63. The summed E-state index contributed by atoms with van der Waals surface area (Å²) in [5.41, 5.74) is 0.0748. The summed E-state index contributed by atoms with van der Waals surface area (Å²) < 4.78 is 30.8. The van der Waals surface area contributed by atoms with Gasteiger partial charge in [-0.1, -0.05) is 13.0 Å². The molecule has 0 amide bonds. The highest BCUT2D eigenvalue weighted by molar-refractivity contribution is 5.84. The van der Waals surface area contributed by atoms with Gasteiger partial charge in [-0.2, -0.15) is 0 Å². The van der Waals surface area contributed by atoms with E-state index in [0.717, 1.165) is 12.1 Å². The van der Waals surface area contributed by atoms with Crippen molar-refractivity contribution in [2.75, 3.05) is 7.11 Å². The minimum absolute atomic E-state index is 0.0748. The van der Waals surface area contributed by atoms with E-state index in [1.165, 1.54) is 13.2 Å². The number of methoxy groups -OCH3 is 1. The molecule has 1 aromatic carbocycles. The fourth-order valence-electron chi connectivity index (χ4n) is 1.33. The van der Waals surface area contributed by atoms with Gasteiger partial charge in [-0.3, -0.25) is 4.79 Å². The quantitative estimate of drug-likeness (QED) is 0.770. The van der Waals surface area contributed by atoms with Gasteiger partial charge in [0.2, 0.25) is 0 Å². The molecule has 1 unspecified atom stereocenters. The van der Waals surface area contributed by atoms with Crippen LogP contribution >= 0.6 is 0 Å². The van der Waals surface area contributed by atoms with E-state index in [1.807, 2.05) is 0 Å². The van der Waals surface area contributed by atoms with E-state index >= 15 is 0 Å². The molecule has 1 aromatic rings. The maximum Gasteiger partial charge on any atom is 0.165 e. The Hall–Kier alpha value is -1.29. The minimum Gasteiger partial charge on any atom is -0.369 e. The molecule has 0 N–H and O–H groups in total. The lowest BCUT2D eigenvalue weighted by Crippen LogP contribution is -2.15. The first-order valence-electron chi connectivity index (χ1n) is 4.60. The maximum atomic E-state index is 13.3. The second kappa shape index (κ2) is 4.98. The van der Waals surface area contributed by atoms with Crippen molar-refractivity contribution in [2.24, 2.45) is 0 Å². The van der Waals surface area contributed by atoms with E-state index in [-0.39, 0.29) is 17.8 Å². The molecule has 0 saturated carbocycles. The Balaban J connectivity index is 3.07. The summed E-state index contributed by atoms with van der Waals surface area (Å²) in [6.07, 6.45) is -0.703. The lowest BCUT2D eigenvalue weighted by molar-refractivity contribution is -0.129. The summed E-state index contributed by atoms with van der Waals surface area (Å²) in [4.78, 5) is 11.4. The van der Waals surface area contributed by atoms with Crippen LogP contribution in [0.2, 0.25) is 0 Å². The van der Waals surface area contributed by atoms with Crippen LogP contribution in [0.4, 0.5) is 8.78 Å². The van der Waals surface area contributed by atoms with Gasteiger partial charge >= 0.3 is 0 Å². The van der Waals surface area contributed by atoms with E-state index in [1.54, 1.807) is 6.92 Å². The summed E-state index contributed by atoms with van der Waals surface area (Å²) >= 11 is 0. The third kappa shape index (κ3) is 2.59. The molecule has 0 bridgehead atoms. The number of carbonyl (C=O) groups excluding carboxylic acids is 1. The van der Waals surface area contributed by atoms with Gasteiger partial charge in [0.15, 0.2) is 5.78 Å². The Morgan fingerprint density at radius 3 is 2.60 bits per heavy atom. The highest BCUT2D eigenvalue weighted by Crippen LogP contribution is 2.22. The van der Waals surface area contributed by atoms with Gasteiger partial charge in [0.05, 0.1) is 0 Å². The number of rotatable bonds is 4. The summed E-state index contributed by atoms with van der Waals surface area (Å²) in [5.74, 6) is -1.67. The highest BCUT2D eigenvalue weighted by Gasteiger charge is 2.21. The summed E-state index contributed by atoms with van der Waals surface area (Å²) in [6.45, 7) is 1.66. The molecule has 0 fully saturated rings. The second-order valence-corrected chi connectivity index (χ2v) is 3.10. The minimum atomic E-state index is -0.949. The molecule has 15 heavy (non-hydrogen) atoms. The molecule has 0 radical (unpaired) electrons. The topological polar surface area (TPSA) is 26.3 Å². The maximum absolute atomic E-state index is 13.3. The van der Waals surface area contributed by atoms with Crippen molar-refractivity contribution in [3.05, 3.63) is 35.4 Å². The zero-order valence-corrected chi connectivity index (χ0v) is 8.59. The van der Waals surface area contributed by atoms with Crippen molar-refractivity contribution >= 4 is 5.78 Å². The van der Waals surface area contributed by atoms with Crippen LogP contribution in [0.25, 0.3) is 0 Å². The van der Waals surface area contributed by atoms with E-state index in [4.69, 9.17) is 4.74 Å². The number of carbonyl (C=O) groups is 1. The summed E-state index contributed by atoms with van der Waals surface area (Å²) in [6, 6.07) is 3.07.